The molecule has 3 aromatic rings. The van der Waals surface area contributed by atoms with Crippen LogP contribution in [0.1, 0.15) is 43.2 Å². The lowest BCUT2D eigenvalue weighted by Gasteiger charge is -2.08. The molecule has 0 spiro atoms. The van der Waals surface area contributed by atoms with Crippen LogP contribution >= 0.6 is 34.4 Å². The Hall–Kier alpha value is -2.70. The minimum Gasteiger partial charge on any atom is -0.465 e. The highest BCUT2D eigenvalue weighted by atomic mass is 32.2. The van der Waals surface area contributed by atoms with E-state index >= 15 is 0 Å². The molecule has 0 aliphatic rings. The third-order valence-corrected chi connectivity index (χ3v) is 7.43. The van der Waals surface area contributed by atoms with Crippen LogP contribution in [0.15, 0.2) is 22.7 Å². The van der Waals surface area contributed by atoms with E-state index in [0.717, 1.165) is 17.2 Å². The van der Waals surface area contributed by atoms with Crippen molar-refractivity contribution in [2.75, 3.05) is 18.2 Å². The summed E-state index contributed by atoms with van der Waals surface area (Å²) >= 11 is 3.86. The molecule has 164 valence electrons. The molecule has 0 saturated carbocycles. The Labute approximate surface area is 191 Å². The number of carbonyl (C=O) groups is 3. The van der Waals surface area contributed by atoms with Gasteiger partial charge < -0.3 is 20.4 Å². The van der Waals surface area contributed by atoms with Crippen molar-refractivity contribution in [3.8, 4) is 0 Å². The molecule has 3 heterocycles. The summed E-state index contributed by atoms with van der Waals surface area (Å²) in [5.41, 5.74) is 5.89. The average Bonchev–Trinajstić information content (AvgIpc) is 3.46. The van der Waals surface area contributed by atoms with Crippen LogP contribution in [0.4, 0.5) is 5.00 Å². The van der Waals surface area contributed by atoms with E-state index in [1.165, 1.54) is 23.7 Å². The van der Waals surface area contributed by atoms with Gasteiger partial charge in [0, 0.05) is 17.8 Å². The number of methoxy groups -OCH3 is 1. The quantitative estimate of drug-likeness (QED) is 0.356. The molecule has 0 atom stereocenters. The van der Waals surface area contributed by atoms with Crippen molar-refractivity contribution in [1.29, 1.82) is 0 Å². The Kier molecular flexibility index (Phi) is 7.46. The molecular weight excluding hydrogens is 458 g/mol. The maximum Gasteiger partial charge on any atom is 0.341 e. The Morgan fingerprint density at radius 1 is 1.32 bits per heavy atom. The summed E-state index contributed by atoms with van der Waals surface area (Å²) < 4.78 is 6.75. The molecule has 31 heavy (non-hydrogen) atoms. The number of aromatic nitrogens is 3. The number of thiophene rings is 2. The van der Waals surface area contributed by atoms with E-state index in [0.29, 0.717) is 23.7 Å². The number of carbonyl (C=O) groups excluding carboxylic acids is 3. The van der Waals surface area contributed by atoms with Gasteiger partial charge in [0.15, 0.2) is 5.16 Å². The fourth-order valence-corrected chi connectivity index (χ4v) is 5.51. The van der Waals surface area contributed by atoms with Crippen molar-refractivity contribution < 1.29 is 19.1 Å². The van der Waals surface area contributed by atoms with E-state index in [2.05, 4.69) is 15.5 Å². The first-order valence-corrected chi connectivity index (χ1v) is 11.9. The van der Waals surface area contributed by atoms with E-state index in [1.807, 2.05) is 29.0 Å². The van der Waals surface area contributed by atoms with Crippen molar-refractivity contribution >= 4 is 57.2 Å². The molecule has 0 unspecified atom stereocenters. The van der Waals surface area contributed by atoms with Gasteiger partial charge in [0.2, 0.25) is 5.91 Å². The van der Waals surface area contributed by atoms with Gasteiger partial charge in [-0.3, -0.25) is 9.59 Å². The molecule has 3 rings (SSSR count). The van der Waals surface area contributed by atoms with Gasteiger partial charge in [0.25, 0.3) is 5.91 Å². The number of ether oxygens (including phenoxy) is 1. The maximum absolute atomic E-state index is 12.6. The van der Waals surface area contributed by atoms with Crippen LogP contribution in [0.25, 0.3) is 0 Å². The summed E-state index contributed by atoms with van der Waals surface area (Å²) in [6.45, 7) is 4.26. The van der Waals surface area contributed by atoms with Crippen LogP contribution in [0.3, 0.4) is 0 Å². The van der Waals surface area contributed by atoms with Gasteiger partial charge in [-0.1, -0.05) is 17.8 Å². The second-order valence-corrected chi connectivity index (χ2v) is 9.35. The van der Waals surface area contributed by atoms with Gasteiger partial charge in [-0.05, 0) is 30.9 Å². The van der Waals surface area contributed by atoms with Crippen LogP contribution in [-0.4, -0.2) is 45.4 Å². The average molecular weight is 480 g/mol. The van der Waals surface area contributed by atoms with E-state index in [1.54, 1.807) is 18.3 Å². The van der Waals surface area contributed by atoms with Crippen molar-refractivity contribution in [1.82, 2.24) is 14.8 Å². The summed E-state index contributed by atoms with van der Waals surface area (Å²) in [6.07, 6.45) is 0.679. The number of nitrogens with two attached hydrogens (primary N) is 1. The second-order valence-electron chi connectivity index (χ2n) is 6.35. The zero-order valence-electron chi connectivity index (χ0n) is 17.1. The fourth-order valence-electron chi connectivity index (χ4n) is 2.92. The number of nitrogens with zero attached hydrogens (tertiary/aromatic N) is 3. The van der Waals surface area contributed by atoms with Crippen molar-refractivity contribution in [3.63, 3.8) is 0 Å². The molecule has 0 fully saturated rings. The summed E-state index contributed by atoms with van der Waals surface area (Å²) in [6, 6.07) is 4.03. The fraction of sp³-hybridized carbons (Fsp3) is 0.316. The largest absolute Gasteiger partial charge is 0.465 e. The molecule has 0 aliphatic heterocycles. The van der Waals surface area contributed by atoms with E-state index in [4.69, 9.17) is 10.5 Å². The molecule has 0 bridgehead atoms. The molecule has 3 aromatic heterocycles. The molecule has 0 saturated heterocycles. The van der Waals surface area contributed by atoms with Gasteiger partial charge in [-0.15, -0.1) is 32.9 Å². The Balaban J connectivity index is 1.71. The minimum atomic E-state index is -0.670. The topological polar surface area (TPSA) is 129 Å². The number of thioether (sulfide) groups is 1. The van der Waals surface area contributed by atoms with Gasteiger partial charge in [-0.25, -0.2) is 4.79 Å². The van der Waals surface area contributed by atoms with E-state index in [9.17, 15) is 14.4 Å². The van der Waals surface area contributed by atoms with Crippen LogP contribution in [-0.2, 0) is 22.5 Å². The van der Waals surface area contributed by atoms with Gasteiger partial charge in [-0.2, -0.15) is 0 Å². The molecule has 2 amide bonds. The molecule has 0 radical (unpaired) electrons. The number of hydrogen-bond donors (Lipinski definition) is 2. The molecular formula is C19H21N5O4S3. The first-order chi connectivity index (χ1) is 14.8. The number of esters is 1. The Morgan fingerprint density at radius 3 is 2.71 bits per heavy atom. The van der Waals surface area contributed by atoms with Crippen molar-refractivity contribution in [2.24, 2.45) is 5.73 Å². The smallest absolute Gasteiger partial charge is 0.341 e. The van der Waals surface area contributed by atoms with Crippen LogP contribution in [0.2, 0.25) is 0 Å². The standard InChI is InChI=1S/C19H21N5O4S3/c1-4-24-12(8-11-6-5-7-29-11)22-23-19(24)30-9-13(25)21-17-14(18(27)28-3)10(2)15(31-17)16(20)26/h5-7H,4,8-9H2,1-3H3,(H2,20,26)(H,21,25). The lowest BCUT2D eigenvalue weighted by molar-refractivity contribution is -0.113. The predicted octanol–water partition coefficient (Wildman–Crippen LogP) is 2.94. The van der Waals surface area contributed by atoms with Gasteiger partial charge in [0.05, 0.1) is 23.3 Å². The normalized spacial score (nSPS) is 10.8. The third-order valence-electron chi connectivity index (χ3n) is 4.37. The van der Waals surface area contributed by atoms with Gasteiger partial charge in [0.1, 0.15) is 10.8 Å². The number of primary amides is 1. The zero-order valence-corrected chi connectivity index (χ0v) is 19.6. The summed E-state index contributed by atoms with van der Waals surface area (Å²) in [5.74, 6) is -0.774. The van der Waals surface area contributed by atoms with E-state index < -0.39 is 11.9 Å². The Bertz CT molecular complexity index is 1100. The summed E-state index contributed by atoms with van der Waals surface area (Å²) in [4.78, 5) is 37.7. The minimum absolute atomic E-state index is 0.0562. The summed E-state index contributed by atoms with van der Waals surface area (Å²) in [5, 5.41) is 14.1. The summed E-state index contributed by atoms with van der Waals surface area (Å²) in [7, 11) is 1.23. The lowest BCUT2D eigenvalue weighted by Crippen LogP contribution is -2.16. The lowest BCUT2D eigenvalue weighted by atomic mass is 10.1. The van der Waals surface area contributed by atoms with Crippen molar-refractivity contribution in [3.05, 3.63) is 44.2 Å². The maximum atomic E-state index is 12.6. The number of anilines is 1. The predicted molar refractivity (Wildman–Crippen MR) is 121 cm³/mol. The number of rotatable bonds is 9. The highest BCUT2D eigenvalue weighted by Crippen LogP contribution is 2.33. The zero-order chi connectivity index (χ0) is 22.5. The first-order valence-electron chi connectivity index (χ1n) is 9.24. The second kappa shape index (κ2) is 10.1. The first kappa shape index (κ1) is 23.0. The number of hydrogen-bond acceptors (Lipinski definition) is 9. The van der Waals surface area contributed by atoms with Crippen LogP contribution in [0, 0.1) is 6.92 Å². The van der Waals surface area contributed by atoms with Crippen LogP contribution in [0.5, 0.6) is 0 Å². The molecule has 0 aliphatic carbocycles. The monoisotopic (exact) mass is 479 g/mol. The SMILES string of the molecule is CCn1c(Cc2cccs2)nnc1SCC(=O)Nc1sc(C(N)=O)c(C)c1C(=O)OC. The number of nitrogens with one attached hydrogen (secondary N) is 1. The highest BCUT2D eigenvalue weighted by molar-refractivity contribution is 7.99. The molecule has 3 N–H and O–H groups in total. The highest BCUT2D eigenvalue weighted by Gasteiger charge is 2.25. The number of amides is 2. The molecule has 12 heteroatoms. The molecule has 9 nitrogen and oxygen atoms in total. The van der Waals surface area contributed by atoms with Crippen LogP contribution < -0.4 is 11.1 Å². The Morgan fingerprint density at radius 2 is 2.10 bits per heavy atom. The molecule has 0 aromatic carbocycles. The van der Waals surface area contributed by atoms with E-state index in [-0.39, 0.29) is 27.1 Å². The van der Waals surface area contributed by atoms with Crippen molar-refractivity contribution in [2.45, 2.75) is 32.0 Å². The van der Waals surface area contributed by atoms with Gasteiger partial charge >= 0.3 is 5.97 Å². The third kappa shape index (κ3) is 5.14.